The lowest BCUT2D eigenvalue weighted by atomic mass is 10.1. The van der Waals surface area contributed by atoms with Gasteiger partial charge in [0.1, 0.15) is 5.82 Å². The lowest BCUT2D eigenvalue weighted by molar-refractivity contribution is -0.123. The molecule has 0 aromatic heterocycles. The van der Waals surface area contributed by atoms with Crippen LogP contribution in [-0.4, -0.2) is 16.0 Å². The number of hydrogen-bond acceptors (Lipinski definition) is 3. The van der Waals surface area contributed by atoms with Crippen LogP contribution in [0.3, 0.4) is 0 Å². The van der Waals surface area contributed by atoms with E-state index in [1.165, 1.54) is 17.0 Å². The molecule has 0 N–H and O–H groups in total. The number of nitrogens with zero attached hydrogens (tertiary/aromatic N) is 1. The van der Waals surface area contributed by atoms with Gasteiger partial charge in [-0.05, 0) is 53.6 Å². The zero-order valence-electron chi connectivity index (χ0n) is 13.6. The fourth-order valence-electron chi connectivity index (χ4n) is 2.47. The van der Waals surface area contributed by atoms with Crippen molar-refractivity contribution in [2.24, 2.45) is 0 Å². The monoisotopic (exact) mass is 353 g/mol. The maximum atomic E-state index is 13.0. The van der Waals surface area contributed by atoms with E-state index in [4.69, 9.17) is 0 Å². The summed E-state index contributed by atoms with van der Waals surface area (Å²) >= 11 is 0.927. The number of allylic oxidation sites excluding steroid dienone is 2. The topological polar surface area (TPSA) is 37.4 Å². The highest BCUT2D eigenvalue weighted by atomic mass is 32.2. The third-order valence-electron chi connectivity index (χ3n) is 3.68. The molecule has 126 valence electrons. The zero-order valence-corrected chi connectivity index (χ0v) is 14.4. The minimum absolute atomic E-state index is 0.143. The molecular weight excluding hydrogens is 337 g/mol. The number of benzene rings is 2. The van der Waals surface area contributed by atoms with Gasteiger partial charge in [-0.2, -0.15) is 0 Å². The van der Waals surface area contributed by atoms with Crippen LogP contribution in [0.15, 0.2) is 71.2 Å². The lowest BCUT2D eigenvalue weighted by Gasteiger charge is -2.12. The predicted molar refractivity (Wildman–Crippen MR) is 98.1 cm³/mol. The Bertz CT molecular complexity index is 857. The molecule has 0 bridgehead atoms. The molecule has 0 unspecified atom stereocenters. The van der Waals surface area contributed by atoms with Crippen LogP contribution < -0.4 is 0 Å². The van der Waals surface area contributed by atoms with Crippen molar-refractivity contribution in [2.75, 3.05) is 0 Å². The van der Waals surface area contributed by atoms with Gasteiger partial charge in [0.25, 0.3) is 11.1 Å². The van der Waals surface area contributed by atoms with Crippen LogP contribution in [0.2, 0.25) is 0 Å². The number of halogens is 1. The van der Waals surface area contributed by atoms with Gasteiger partial charge in [-0.15, -0.1) is 0 Å². The van der Waals surface area contributed by atoms with E-state index in [9.17, 15) is 14.0 Å². The molecule has 25 heavy (non-hydrogen) atoms. The first kappa shape index (κ1) is 17.2. The fourth-order valence-corrected chi connectivity index (χ4v) is 3.36. The van der Waals surface area contributed by atoms with Gasteiger partial charge >= 0.3 is 0 Å². The first-order valence-electron chi connectivity index (χ1n) is 7.76. The summed E-state index contributed by atoms with van der Waals surface area (Å²) in [6.07, 6.45) is 3.68. The molecule has 5 heteroatoms. The molecule has 0 atom stereocenters. The van der Waals surface area contributed by atoms with Gasteiger partial charge in [-0.1, -0.05) is 48.5 Å². The Labute approximate surface area is 149 Å². The Kier molecular flexibility index (Phi) is 5.14. The zero-order chi connectivity index (χ0) is 17.8. The molecule has 1 saturated heterocycles. The maximum Gasteiger partial charge on any atom is 0.293 e. The summed E-state index contributed by atoms with van der Waals surface area (Å²) in [6.45, 7) is 2.03. The normalized spacial score (nSPS) is 16.8. The van der Waals surface area contributed by atoms with Gasteiger partial charge in [0, 0.05) is 0 Å². The molecule has 2 aromatic rings. The molecule has 1 fully saturated rings. The van der Waals surface area contributed by atoms with Gasteiger partial charge in [0.05, 0.1) is 11.4 Å². The van der Waals surface area contributed by atoms with E-state index in [2.05, 4.69) is 0 Å². The summed E-state index contributed by atoms with van der Waals surface area (Å²) in [5, 5.41) is -0.312. The second-order valence-electron chi connectivity index (χ2n) is 5.69. The number of thioether (sulfide) groups is 1. The molecule has 1 aliphatic heterocycles. The first-order chi connectivity index (χ1) is 12.0. The third-order valence-corrected chi connectivity index (χ3v) is 4.59. The molecular formula is C20H16FNO2S. The third kappa shape index (κ3) is 4.25. The van der Waals surface area contributed by atoms with E-state index >= 15 is 0 Å². The van der Waals surface area contributed by atoms with E-state index in [1.54, 1.807) is 18.2 Å². The quantitative estimate of drug-likeness (QED) is 0.725. The van der Waals surface area contributed by atoms with E-state index in [1.807, 2.05) is 43.3 Å². The Hall–Kier alpha value is -2.66. The molecule has 2 amide bonds. The van der Waals surface area contributed by atoms with Crippen LogP contribution in [-0.2, 0) is 11.3 Å². The summed E-state index contributed by atoms with van der Waals surface area (Å²) in [4.78, 5) is 26.2. The molecule has 2 aromatic carbocycles. The van der Waals surface area contributed by atoms with Gasteiger partial charge < -0.3 is 0 Å². The van der Waals surface area contributed by atoms with Crippen molar-refractivity contribution in [3.8, 4) is 0 Å². The molecule has 0 aliphatic carbocycles. The summed E-state index contributed by atoms with van der Waals surface area (Å²) in [5.74, 6) is -0.667. The van der Waals surface area contributed by atoms with Crippen molar-refractivity contribution in [1.29, 1.82) is 0 Å². The molecule has 0 radical (unpaired) electrons. The predicted octanol–water partition coefficient (Wildman–Crippen LogP) is 5.01. The van der Waals surface area contributed by atoms with E-state index in [-0.39, 0.29) is 23.5 Å². The standard InChI is InChI=1S/C20H16FNO2S/c1-14(11-15-5-3-2-4-6-15)12-18-19(23)22(20(24)25-18)13-16-7-9-17(21)10-8-16/h2-12H,13H2,1H3/b14-11+,18-12+. The summed E-state index contributed by atoms with van der Waals surface area (Å²) in [5.41, 5.74) is 2.63. The SMILES string of the molecule is CC(=C\c1ccccc1)/C=C1/SC(=O)N(Cc2ccc(F)cc2)C1=O. The second-order valence-corrected chi connectivity index (χ2v) is 6.69. The van der Waals surface area contributed by atoms with Crippen molar-refractivity contribution in [3.05, 3.63) is 88.1 Å². The van der Waals surface area contributed by atoms with Crippen LogP contribution in [0.25, 0.3) is 6.08 Å². The summed E-state index contributed by atoms with van der Waals surface area (Å²) in [6, 6.07) is 15.5. The second kappa shape index (κ2) is 7.49. The van der Waals surface area contributed by atoms with Gasteiger partial charge in [0.15, 0.2) is 0 Å². The van der Waals surface area contributed by atoms with E-state index in [0.29, 0.717) is 10.5 Å². The number of amides is 2. The Balaban J connectivity index is 1.76. The van der Waals surface area contributed by atoms with E-state index < -0.39 is 0 Å². The summed E-state index contributed by atoms with van der Waals surface area (Å²) < 4.78 is 13.0. The Morgan fingerprint density at radius 1 is 1.08 bits per heavy atom. The average molecular weight is 353 g/mol. The molecule has 3 rings (SSSR count). The molecule has 0 spiro atoms. The molecule has 1 aliphatic rings. The summed E-state index contributed by atoms with van der Waals surface area (Å²) in [7, 11) is 0. The van der Waals surface area contributed by atoms with Gasteiger partial charge in [0.2, 0.25) is 0 Å². The Morgan fingerprint density at radius 3 is 2.44 bits per heavy atom. The highest BCUT2D eigenvalue weighted by Crippen LogP contribution is 2.32. The highest BCUT2D eigenvalue weighted by Gasteiger charge is 2.34. The van der Waals surface area contributed by atoms with Crippen molar-refractivity contribution in [3.63, 3.8) is 0 Å². The number of imide groups is 1. The number of carbonyl (C=O) groups is 2. The molecule has 0 saturated carbocycles. The number of carbonyl (C=O) groups excluding carboxylic acids is 2. The minimum Gasteiger partial charge on any atom is -0.268 e. The van der Waals surface area contributed by atoms with E-state index in [0.717, 1.165) is 22.9 Å². The highest BCUT2D eigenvalue weighted by molar-refractivity contribution is 8.18. The van der Waals surface area contributed by atoms with Gasteiger partial charge in [-0.25, -0.2) is 4.39 Å². The smallest absolute Gasteiger partial charge is 0.268 e. The van der Waals surface area contributed by atoms with Crippen molar-refractivity contribution >= 4 is 29.0 Å². The van der Waals surface area contributed by atoms with Crippen LogP contribution in [0.4, 0.5) is 9.18 Å². The Morgan fingerprint density at radius 2 is 1.76 bits per heavy atom. The molecule has 3 nitrogen and oxygen atoms in total. The largest absolute Gasteiger partial charge is 0.293 e. The maximum absolute atomic E-state index is 13.0. The van der Waals surface area contributed by atoms with Crippen molar-refractivity contribution < 1.29 is 14.0 Å². The average Bonchev–Trinajstić information content (AvgIpc) is 2.85. The fraction of sp³-hybridized carbons (Fsp3) is 0.100. The van der Waals surface area contributed by atoms with Crippen LogP contribution in [0, 0.1) is 5.82 Å². The first-order valence-corrected chi connectivity index (χ1v) is 8.58. The number of hydrogen-bond donors (Lipinski definition) is 0. The lowest BCUT2D eigenvalue weighted by Crippen LogP contribution is -2.27. The molecule has 1 heterocycles. The van der Waals surface area contributed by atoms with Crippen LogP contribution >= 0.6 is 11.8 Å². The van der Waals surface area contributed by atoms with Crippen molar-refractivity contribution in [1.82, 2.24) is 4.90 Å². The van der Waals surface area contributed by atoms with Gasteiger partial charge in [-0.3, -0.25) is 14.5 Å². The van der Waals surface area contributed by atoms with Crippen LogP contribution in [0.5, 0.6) is 0 Å². The number of rotatable bonds is 4. The van der Waals surface area contributed by atoms with Crippen molar-refractivity contribution in [2.45, 2.75) is 13.5 Å². The van der Waals surface area contributed by atoms with Crippen LogP contribution in [0.1, 0.15) is 18.1 Å². The minimum atomic E-state index is -0.348.